The minimum atomic E-state index is 0.570. The Labute approximate surface area is 134 Å². The summed E-state index contributed by atoms with van der Waals surface area (Å²) in [5.41, 5.74) is 11.0. The predicted molar refractivity (Wildman–Crippen MR) is 89.1 cm³/mol. The van der Waals surface area contributed by atoms with Gasteiger partial charge >= 0.3 is 0 Å². The molecule has 118 valence electrons. The van der Waals surface area contributed by atoms with E-state index in [1.165, 1.54) is 0 Å². The Morgan fingerprint density at radius 3 is 2.78 bits per heavy atom. The number of hydrogen-bond donors (Lipinski definition) is 1. The molecule has 3 heterocycles. The van der Waals surface area contributed by atoms with E-state index in [2.05, 4.69) is 23.5 Å². The molecule has 1 aliphatic heterocycles. The maximum atomic E-state index is 5.78. The first-order valence-electron chi connectivity index (χ1n) is 7.85. The lowest BCUT2D eigenvalue weighted by atomic mass is 10.1. The quantitative estimate of drug-likeness (QED) is 0.808. The highest BCUT2D eigenvalue weighted by Gasteiger charge is 2.18. The van der Waals surface area contributed by atoms with Crippen LogP contribution in [0.5, 0.6) is 11.5 Å². The molecule has 5 heteroatoms. The number of aryl methyl sites for hydroxylation is 1. The average Bonchev–Trinajstić information content (AvgIpc) is 2.94. The van der Waals surface area contributed by atoms with Crippen LogP contribution in [0.3, 0.4) is 0 Å². The number of nitrogens with two attached hydrogens (primary N) is 1. The van der Waals surface area contributed by atoms with Crippen LogP contribution in [0.4, 0.5) is 0 Å². The number of benzene rings is 1. The van der Waals surface area contributed by atoms with Crippen molar-refractivity contribution in [1.29, 1.82) is 0 Å². The number of rotatable bonds is 3. The molecule has 0 spiro atoms. The van der Waals surface area contributed by atoms with Crippen LogP contribution < -0.4 is 15.2 Å². The fraction of sp³-hybridized carbons (Fsp3) is 0.278. The molecule has 2 N–H and O–H groups in total. The Balaban J connectivity index is 1.95. The van der Waals surface area contributed by atoms with Crippen LogP contribution in [0.25, 0.3) is 16.9 Å². The predicted octanol–water partition coefficient (Wildman–Crippen LogP) is 2.58. The first-order chi connectivity index (χ1) is 11.3. The van der Waals surface area contributed by atoms with Gasteiger partial charge in [0.05, 0.1) is 11.4 Å². The molecule has 23 heavy (non-hydrogen) atoms. The third-order valence-electron chi connectivity index (χ3n) is 4.11. The largest absolute Gasteiger partial charge is 0.486 e. The number of pyridine rings is 1. The third kappa shape index (κ3) is 2.33. The van der Waals surface area contributed by atoms with E-state index in [-0.39, 0.29) is 0 Å². The van der Waals surface area contributed by atoms with Crippen LogP contribution in [0.15, 0.2) is 36.4 Å². The van der Waals surface area contributed by atoms with Crippen molar-refractivity contribution in [2.24, 2.45) is 5.73 Å². The van der Waals surface area contributed by atoms with Gasteiger partial charge in [-0.2, -0.15) is 0 Å². The Hall–Kier alpha value is -2.53. The van der Waals surface area contributed by atoms with E-state index in [1.54, 1.807) is 0 Å². The van der Waals surface area contributed by atoms with Gasteiger partial charge in [0.1, 0.15) is 18.9 Å². The topological polar surface area (TPSA) is 61.8 Å². The molecular formula is C18H19N3O2. The lowest BCUT2D eigenvalue weighted by Crippen LogP contribution is -2.15. The average molecular weight is 309 g/mol. The summed E-state index contributed by atoms with van der Waals surface area (Å²) in [6, 6.07) is 12.2. The minimum absolute atomic E-state index is 0.570. The molecule has 0 aliphatic carbocycles. The molecule has 0 saturated carbocycles. The molecule has 1 aliphatic rings. The fourth-order valence-electron chi connectivity index (χ4n) is 3.10. The summed E-state index contributed by atoms with van der Waals surface area (Å²) in [4.78, 5) is 4.76. The number of imidazole rings is 1. The highest BCUT2D eigenvalue weighted by Crippen LogP contribution is 2.36. The smallest absolute Gasteiger partial charge is 0.162 e. The van der Waals surface area contributed by atoms with Crippen molar-refractivity contribution in [3.05, 3.63) is 47.8 Å². The first-order valence-corrected chi connectivity index (χ1v) is 7.85. The summed E-state index contributed by atoms with van der Waals surface area (Å²) in [5, 5.41) is 0. The molecule has 0 saturated heterocycles. The third-order valence-corrected chi connectivity index (χ3v) is 4.11. The van der Waals surface area contributed by atoms with Gasteiger partial charge in [-0.15, -0.1) is 0 Å². The highest BCUT2D eigenvalue weighted by molar-refractivity contribution is 5.71. The SMILES string of the molecule is Cc1cccc2nc(CCN)c(-c3ccc4c(c3)OCCO4)n12. The molecule has 5 nitrogen and oxygen atoms in total. The summed E-state index contributed by atoms with van der Waals surface area (Å²) in [6.07, 6.45) is 0.741. The Morgan fingerprint density at radius 2 is 1.96 bits per heavy atom. The van der Waals surface area contributed by atoms with Gasteiger partial charge in [-0.3, -0.25) is 4.40 Å². The second-order valence-corrected chi connectivity index (χ2v) is 5.66. The first kappa shape index (κ1) is 14.1. The number of nitrogens with zero attached hydrogens (tertiary/aromatic N) is 2. The van der Waals surface area contributed by atoms with Crippen LogP contribution >= 0.6 is 0 Å². The standard InChI is InChI=1S/C18H19N3O2/c1-12-3-2-4-17-20-14(7-8-19)18(21(12)17)13-5-6-15-16(11-13)23-10-9-22-15/h2-6,11H,7-10,19H2,1H3. The van der Waals surface area contributed by atoms with Crippen molar-refractivity contribution >= 4 is 5.65 Å². The van der Waals surface area contributed by atoms with Gasteiger partial charge in [0.25, 0.3) is 0 Å². The molecule has 0 bridgehead atoms. The Bertz CT molecular complexity index is 870. The van der Waals surface area contributed by atoms with E-state index in [0.717, 1.165) is 46.2 Å². The van der Waals surface area contributed by atoms with Crippen molar-refractivity contribution in [2.75, 3.05) is 19.8 Å². The monoisotopic (exact) mass is 309 g/mol. The maximum Gasteiger partial charge on any atom is 0.162 e. The van der Waals surface area contributed by atoms with Gasteiger partial charge < -0.3 is 15.2 Å². The van der Waals surface area contributed by atoms with Crippen molar-refractivity contribution in [3.63, 3.8) is 0 Å². The number of aromatic nitrogens is 2. The molecule has 0 atom stereocenters. The summed E-state index contributed by atoms with van der Waals surface area (Å²) in [6.45, 7) is 3.83. The molecule has 1 aromatic carbocycles. The lowest BCUT2D eigenvalue weighted by molar-refractivity contribution is 0.171. The van der Waals surface area contributed by atoms with Crippen molar-refractivity contribution in [3.8, 4) is 22.8 Å². The molecule has 4 rings (SSSR count). The molecule has 0 fully saturated rings. The summed E-state index contributed by atoms with van der Waals surface area (Å²) in [5.74, 6) is 1.59. The molecule has 2 aromatic heterocycles. The van der Waals surface area contributed by atoms with Crippen LogP contribution in [0.2, 0.25) is 0 Å². The van der Waals surface area contributed by atoms with Crippen LogP contribution in [0, 0.1) is 6.92 Å². The molecule has 3 aromatic rings. The van der Waals surface area contributed by atoms with Crippen LogP contribution in [0.1, 0.15) is 11.4 Å². The second-order valence-electron chi connectivity index (χ2n) is 5.66. The van der Waals surface area contributed by atoms with Crippen molar-refractivity contribution < 1.29 is 9.47 Å². The van der Waals surface area contributed by atoms with Crippen LogP contribution in [-0.2, 0) is 6.42 Å². The van der Waals surface area contributed by atoms with Gasteiger partial charge in [0, 0.05) is 17.7 Å². The number of ether oxygens (including phenoxy) is 2. The Morgan fingerprint density at radius 1 is 1.13 bits per heavy atom. The zero-order chi connectivity index (χ0) is 15.8. The van der Waals surface area contributed by atoms with Gasteiger partial charge in [0.2, 0.25) is 0 Å². The van der Waals surface area contributed by atoms with E-state index in [9.17, 15) is 0 Å². The fourth-order valence-corrected chi connectivity index (χ4v) is 3.10. The molecular weight excluding hydrogens is 290 g/mol. The summed E-state index contributed by atoms with van der Waals surface area (Å²) < 4.78 is 13.5. The molecule has 0 unspecified atom stereocenters. The Kier molecular flexibility index (Phi) is 3.42. The summed E-state index contributed by atoms with van der Waals surface area (Å²) >= 11 is 0. The van der Waals surface area contributed by atoms with Gasteiger partial charge in [-0.1, -0.05) is 6.07 Å². The molecule has 0 radical (unpaired) electrons. The van der Waals surface area contributed by atoms with Gasteiger partial charge in [-0.25, -0.2) is 4.98 Å². The van der Waals surface area contributed by atoms with E-state index in [1.807, 2.05) is 24.3 Å². The zero-order valence-corrected chi connectivity index (χ0v) is 13.1. The van der Waals surface area contributed by atoms with Crippen LogP contribution in [-0.4, -0.2) is 29.1 Å². The zero-order valence-electron chi connectivity index (χ0n) is 13.1. The van der Waals surface area contributed by atoms with Gasteiger partial charge in [-0.05, 0) is 43.8 Å². The minimum Gasteiger partial charge on any atom is -0.486 e. The van der Waals surface area contributed by atoms with Gasteiger partial charge in [0.15, 0.2) is 11.5 Å². The van der Waals surface area contributed by atoms with E-state index in [0.29, 0.717) is 19.8 Å². The number of fused-ring (bicyclic) bond motifs is 2. The second kappa shape index (κ2) is 5.59. The number of hydrogen-bond acceptors (Lipinski definition) is 4. The van der Waals surface area contributed by atoms with E-state index >= 15 is 0 Å². The van der Waals surface area contributed by atoms with Crippen molar-refractivity contribution in [1.82, 2.24) is 9.38 Å². The highest BCUT2D eigenvalue weighted by atomic mass is 16.6. The normalized spacial score (nSPS) is 13.5. The summed E-state index contributed by atoms with van der Waals surface area (Å²) in [7, 11) is 0. The molecule has 0 amide bonds. The van der Waals surface area contributed by atoms with Crippen molar-refractivity contribution in [2.45, 2.75) is 13.3 Å². The lowest BCUT2D eigenvalue weighted by Gasteiger charge is -2.19. The maximum absolute atomic E-state index is 5.78. The van der Waals surface area contributed by atoms with E-state index in [4.69, 9.17) is 20.2 Å². The van der Waals surface area contributed by atoms with E-state index < -0.39 is 0 Å².